The van der Waals surface area contributed by atoms with Gasteiger partial charge in [0.05, 0.1) is 16.6 Å². The van der Waals surface area contributed by atoms with Crippen LogP contribution >= 0.6 is 11.8 Å². The van der Waals surface area contributed by atoms with Crippen LogP contribution in [-0.2, 0) is 5.75 Å². The topological polar surface area (TPSA) is 60.9 Å². The smallest absolute Gasteiger partial charge is 0.262 e. The lowest BCUT2D eigenvalue weighted by Gasteiger charge is -2.11. The molecule has 1 aliphatic carbocycles. The first-order valence-electron chi connectivity index (χ1n) is 9.34. The van der Waals surface area contributed by atoms with Crippen LogP contribution in [0.25, 0.3) is 22.4 Å². The maximum atomic E-state index is 12.9. The number of thioether (sulfide) groups is 1. The van der Waals surface area contributed by atoms with Crippen LogP contribution in [0.1, 0.15) is 30.1 Å². The summed E-state index contributed by atoms with van der Waals surface area (Å²) in [6.45, 7) is 2.05. The fourth-order valence-corrected chi connectivity index (χ4v) is 4.17. The van der Waals surface area contributed by atoms with Crippen molar-refractivity contribution in [1.29, 1.82) is 0 Å². The fraction of sp³-hybridized carbons (Fsp3) is 0.227. The second kappa shape index (κ2) is 6.95. The van der Waals surface area contributed by atoms with Crippen LogP contribution in [0, 0.1) is 6.92 Å². The van der Waals surface area contributed by atoms with E-state index >= 15 is 0 Å². The van der Waals surface area contributed by atoms with E-state index in [-0.39, 0.29) is 11.6 Å². The van der Waals surface area contributed by atoms with Crippen LogP contribution in [0.2, 0.25) is 0 Å². The van der Waals surface area contributed by atoms with Crippen molar-refractivity contribution in [3.05, 3.63) is 76.4 Å². The Labute approximate surface area is 166 Å². The Kier molecular flexibility index (Phi) is 4.28. The van der Waals surface area contributed by atoms with E-state index in [9.17, 15) is 4.79 Å². The predicted octanol–water partition coefficient (Wildman–Crippen LogP) is 4.99. The minimum Gasteiger partial charge on any atom is -0.444 e. The van der Waals surface area contributed by atoms with Crippen molar-refractivity contribution in [2.75, 3.05) is 0 Å². The highest BCUT2D eigenvalue weighted by atomic mass is 32.2. The molecular weight excluding hydrogens is 370 g/mol. The van der Waals surface area contributed by atoms with Gasteiger partial charge in [0.2, 0.25) is 5.89 Å². The minimum absolute atomic E-state index is 0.0519. The van der Waals surface area contributed by atoms with Crippen molar-refractivity contribution >= 4 is 22.7 Å². The van der Waals surface area contributed by atoms with E-state index in [1.165, 1.54) is 17.3 Å². The van der Waals surface area contributed by atoms with E-state index < -0.39 is 0 Å². The molecule has 28 heavy (non-hydrogen) atoms. The van der Waals surface area contributed by atoms with Gasteiger partial charge in [-0.15, -0.1) is 0 Å². The Morgan fingerprint density at radius 2 is 1.89 bits per heavy atom. The number of aryl methyl sites for hydroxylation is 1. The zero-order valence-corrected chi connectivity index (χ0v) is 16.3. The molecule has 0 N–H and O–H groups in total. The normalized spacial score (nSPS) is 13.9. The third-order valence-corrected chi connectivity index (χ3v) is 5.87. The molecule has 5 rings (SSSR count). The first-order chi connectivity index (χ1) is 13.7. The monoisotopic (exact) mass is 389 g/mol. The largest absolute Gasteiger partial charge is 0.444 e. The number of nitrogens with zero attached hydrogens (tertiary/aromatic N) is 3. The molecule has 2 aromatic carbocycles. The van der Waals surface area contributed by atoms with Gasteiger partial charge in [0, 0.05) is 17.4 Å². The van der Waals surface area contributed by atoms with Crippen LogP contribution in [-0.4, -0.2) is 14.5 Å². The van der Waals surface area contributed by atoms with Gasteiger partial charge in [-0.25, -0.2) is 9.97 Å². The molecule has 1 saturated carbocycles. The fourth-order valence-electron chi connectivity index (χ4n) is 3.22. The van der Waals surface area contributed by atoms with Gasteiger partial charge in [-0.2, -0.15) is 0 Å². The van der Waals surface area contributed by atoms with E-state index in [1.54, 1.807) is 6.26 Å². The van der Waals surface area contributed by atoms with E-state index in [4.69, 9.17) is 9.40 Å². The van der Waals surface area contributed by atoms with Gasteiger partial charge in [-0.05, 0) is 44.0 Å². The van der Waals surface area contributed by atoms with Gasteiger partial charge < -0.3 is 4.42 Å². The van der Waals surface area contributed by atoms with Crippen molar-refractivity contribution < 1.29 is 4.42 Å². The van der Waals surface area contributed by atoms with Crippen LogP contribution < -0.4 is 5.56 Å². The Morgan fingerprint density at radius 3 is 2.68 bits per heavy atom. The molecule has 0 radical (unpaired) electrons. The zero-order valence-electron chi connectivity index (χ0n) is 15.5. The highest BCUT2D eigenvalue weighted by Crippen LogP contribution is 2.37. The van der Waals surface area contributed by atoms with Gasteiger partial charge in [0.25, 0.3) is 5.56 Å². The van der Waals surface area contributed by atoms with Crippen LogP contribution in [0.3, 0.4) is 0 Å². The summed E-state index contributed by atoms with van der Waals surface area (Å²) in [5.74, 6) is 1.22. The summed E-state index contributed by atoms with van der Waals surface area (Å²) < 4.78 is 7.50. The van der Waals surface area contributed by atoms with Crippen LogP contribution in [0.15, 0.2) is 69.2 Å². The standard InChI is InChI=1S/C22H19N3O2S/c1-14-6-8-15(9-7-14)20-23-16(12-27-20)13-28-22-24-19-5-3-2-4-18(19)21(26)25(22)17-10-11-17/h2-9,12,17H,10-11,13H2,1H3. The molecule has 2 heterocycles. The molecule has 2 aromatic heterocycles. The molecular formula is C22H19N3O2S. The number of benzene rings is 2. The third kappa shape index (κ3) is 3.24. The number of fused-ring (bicyclic) bond motifs is 1. The van der Waals surface area contributed by atoms with E-state index in [1.807, 2.05) is 53.1 Å². The lowest BCUT2D eigenvalue weighted by molar-refractivity contribution is 0.573. The number of oxazole rings is 1. The molecule has 1 fully saturated rings. The maximum absolute atomic E-state index is 12.9. The molecule has 6 heteroatoms. The average Bonchev–Trinajstić information content (AvgIpc) is 3.43. The first-order valence-corrected chi connectivity index (χ1v) is 10.3. The Balaban J connectivity index is 1.43. The lowest BCUT2D eigenvalue weighted by atomic mass is 10.1. The highest BCUT2D eigenvalue weighted by molar-refractivity contribution is 7.98. The molecule has 0 aliphatic heterocycles. The highest BCUT2D eigenvalue weighted by Gasteiger charge is 2.28. The van der Waals surface area contributed by atoms with Gasteiger partial charge in [0.15, 0.2) is 5.16 Å². The number of aromatic nitrogens is 3. The number of hydrogen-bond acceptors (Lipinski definition) is 5. The van der Waals surface area contributed by atoms with E-state index in [0.717, 1.165) is 34.8 Å². The summed E-state index contributed by atoms with van der Waals surface area (Å²) in [4.78, 5) is 22.3. The molecule has 0 spiro atoms. The molecule has 0 atom stereocenters. The third-order valence-electron chi connectivity index (χ3n) is 4.89. The molecule has 5 nitrogen and oxygen atoms in total. The van der Waals surface area contributed by atoms with Crippen molar-refractivity contribution in [2.45, 2.75) is 36.7 Å². The summed E-state index contributed by atoms with van der Waals surface area (Å²) in [5, 5.41) is 1.44. The molecule has 0 unspecified atom stereocenters. The van der Waals surface area contributed by atoms with Gasteiger partial charge in [-0.1, -0.05) is 41.6 Å². The molecule has 4 aromatic rings. The molecule has 1 aliphatic rings. The number of rotatable bonds is 5. The number of para-hydroxylation sites is 1. The van der Waals surface area contributed by atoms with Crippen molar-refractivity contribution in [2.24, 2.45) is 0 Å². The van der Waals surface area contributed by atoms with Crippen LogP contribution in [0.5, 0.6) is 0 Å². The van der Waals surface area contributed by atoms with Gasteiger partial charge >= 0.3 is 0 Å². The van der Waals surface area contributed by atoms with Crippen molar-refractivity contribution in [1.82, 2.24) is 14.5 Å². The molecule has 0 saturated heterocycles. The summed E-state index contributed by atoms with van der Waals surface area (Å²) in [6, 6.07) is 15.9. The second-order valence-electron chi connectivity index (χ2n) is 7.12. The van der Waals surface area contributed by atoms with Gasteiger partial charge in [0.1, 0.15) is 6.26 Å². The van der Waals surface area contributed by atoms with Crippen molar-refractivity contribution in [3.63, 3.8) is 0 Å². The summed E-state index contributed by atoms with van der Waals surface area (Å²) in [6.07, 6.45) is 3.76. The zero-order chi connectivity index (χ0) is 19.1. The Morgan fingerprint density at radius 1 is 1.11 bits per heavy atom. The lowest BCUT2D eigenvalue weighted by Crippen LogP contribution is -2.22. The van der Waals surface area contributed by atoms with Crippen molar-refractivity contribution in [3.8, 4) is 11.5 Å². The second-order valence-corrected chi connectivity index (χ2v) is 8.06. The Hall–Kier alpha value is -2.86. The first kappa shape index (κ1) is 17.3. The summed E-state index contributed by atoms with van der Waals surface area (Å²) in [7, 11) is 0. The summed E-state index contributed by atoms with van der Waals surface area (Å²) >= 11 is 1.54. The Bertz CT molecular complexity index is 1210. The summed E-state index contributed by atoms with van der Waals surface area (Å²) in [5.41, 5.74) is 3.79. The van der Waals surface area contributed by atoms with Gasteiger partial charge in [-0.3, -0.25) is 9.36 Å². The predicted molar refractivity (Wildman–Crippen MR) is 111 cm³/mol. The molecule has 140 valence electrons. The SMILES string of the molecule is Cc1ccc(-c2nc(CSc3nc4ccccc4c(=O)n3C3CC3)co2)cc1. The molecule has 0 amide bonds. The maximum Gasteiger partial charge on any atom is 0.262 e. The molecule has 0 bridgehead atoms. The van der Waals surface area contributed by atoms with E-state index in [2.05, 4.69) is 11.9 Å². The van der Waals surface area contributed by atoms with E-state index in [0.29, 0.717) is 17.0 Å². The van der Waals surface area contributed by atoms with Crippen LogP contribution in [0.4, 0.5) is 0 Å². The quantitative estimate of drug-likeness (QED) is 0.356. The number of hydrogen-bond donors (Lipinski definition) is 0. The minimum atomic E-state index is 0.0519. The average molecular weight is 389 g/mol.